The van der Waals surface area contributed by atoms with E-state index in [2.05, 4.69) is 41.1 Å². The number of ether oxygens (including phenoxy) is 2. The summed E-state index contributed by atoms with van der Waals surface area (Å²) in [6, 6.07) is 2.19. The van der Waals surface area contributed by atoms with Gasteiger partial charge < -0.3 is 30.0 Å². The molecule has 0 bridgehead atoms. The maximum absolute atomic E-state index is 12.9. The van der Waals surface area contributed by atoms with Crippen LogP contribution in [0.2, 0.25) is 0 Å². The summed E-state index contributed by atoms with van der Waals surface area (Å²) in [5, 5.41) is 3.01. The minimum Gasteiger partial charge on any atom is -0.489 e. The molecule has 3 aliphatic rings. The SMILES string of the molecule is C#CC1(COc2nc(C(=O)NC3CCC3)nc(N3CCC(COc4cc(-c5cn(C)cn5)cnc4N)CC3)n2)CC1. The Morgan fingerprint density at radius 1 is 1.17 bits per heavy atom. The molecule has 3 aromatic rings. The van der Waals surface area contributed by atoms with E-state index in [1.54, 1.807) is 12.5 Å². The summed E-state index contributed by atoms with van der Waals surface area (Å²) >= 11 is 0. The first-order valence-electron chi connectivity index (χ1n) is 14.2. The van der Waals surface area contributed by atoms with E-state index < -0.39 is 0 Å². The maximum Gasteiger partial charge on any atom is 0.322 e. The molecule has 12 heteroatoms. The van der Waals surface area contributed by atoms with Gasteiger partial charge in [0.1, 0.15) is 6.61 Å². The summed E-state index contributed by atoms with van der Waals surface area (Å²) in [5.41, 5.74) is 7.51. The summed E-state index contributed by atoms with van der Waals surface area (Å²) in [5.74, 6) is 4.24. The van der Waals surface area contributed by atoms with Gasteiger partial charge in [0.25, 0.3) is 5.91 Å². The van der Waals surface area contributed by atoms with Gasteiger partial charge in [0.2, 0.25) is 11.8 Å². The van der Waals surface area contributed by atoms with Crippen LogP contribution >= 0.6 is 0 Å². The number of amides is 1. The Bertz CT molecular complexity index is 1450. The molecule has 0 spiro atoms. The molecule has 1 saturated heterocycles. The van der Waals surface area contributed by atoms with Crippen molar-refractivity contribution in [3.05, 3.63) is 30.6 Å². The van der Waals surface area contributed by atoms with E-state index in [0.29, 0.717) is 49.7 Å². The van der Waals surface area contributed by atoms with Crippen molar-refractivity contribution in [1.82, 2.24) is 34.8 Å². The Hall–Kier alpha value is -4.40. The molecule has 0 atom stereocenters. The fourth-order valence-electron chi connectivity index (χ4n) is 4.92. The number of nitrogens with one attached hydrogen (secondary N) is 1. The molecule has 0 radical (unpaired) electrons. The molecule has 3 N–H and O–H groups in total. The van der Waals surface area contributed by atoms with E-state index in [1.807, 2.05) is 23.9 Å². The third kappa shape index (κ3) is 6.19. The van der Waals surface area contributed by atoms with Crippen molar-refractivity contribution in [2.75, 3.05) is 36.9 Å². The van der Waals surface area contributed by atoms with Crippen LogP contribution in [-0.4, -0.2) is 67.7 Å². The molecule has 4 heterocycles. The maximum atomic E-state index is 12.9. The van der Waals surface area contributed by atoms with Crippen LogP contribution in [0, 0.1) is 23.7 Å². The minimum atomic E-state index is -0.302. The highest BCUT2D eigenvalue weighted by Gasteiger charge is 2.42. The molecule has 0 aromatic carbocycles. The first-order valence-corrected chi connectivity index (χ1v) is 14.2. The van der Waals surface area contributed by atoms with Crippen LogP contribution in [0.4, 0.5) is 11.8 Å². The van der Waals surface area contributed by atoms with E-state index in [9.17, 15) is 4.79 Å². The Morgan fingerprint density at radius 3 is 2.63 bits per heavy atom. The van der Waals surface area contributed by atoms with Gasteiger partial charge in [0.05, 0.1) is 24.0 Å². The predicted molar refractivity (Wildman–Crippen MR) is 152 cm³/mol. The minimum absolute atomic E-state index is 0.0728. The van der Waals surface area contributed by atoms with Crippen LogP contribution < -0.4 is 25.4 Å². The third-order valence-corrected chi connectivity index (χ3v) is 8.14. The van der Waals surface area contributed by atoms with Crippen molar-refractivity contribution in [1.29, 1.82) is 0 Å². The number of piperidine rings is 1. The number of anilines is 2. The van der Waals surface area contributed by atoms with Gasteiger partial charge in [-0.15, -0.1) is 6.42 Å². The number of hydrogen-bond donors (Lipinski definition) is 2. The van der Waals surface area contributed by atoms with Gasteiger partial charge >= 0.3 is 6.01 Å². The van der Waals surface area contributed by atoms with Crippen LogP contribution in [0.1, 0.15) is 55.6 Å². The number of hydrogen-bond acceptors (Lipinski definition) is 10. The van der Waals surface area contributed by atoms with Gasteiger partial charge in [-0.25, -0.2) is 9.97 Å². The molecule has 0 unspecified atom stereocenters. The van der Waals surface area contributed by atoms with Gasteiger partial charge in [-0.2, -0.15) is 15.0 Å². The number of nitrogen functional groups attached to an aromatic ring is 1. The van der Waals surface area contributed by atoms with E-state index in [0.717, 1.165) is 56.2 Å². The number of aromatic nitrogens is 6. The van der Waals surface area contributed by atoms with E-state index in [1.165, 1.54) is 0 Å². The van der Waals surface area contributed by atoms with E-state index in [4.69, 9.17) is 21.6 Å². The van der Waals surface area contributed by atoms with Crippen LogP contribution in [-0.2, 0) is 7.05 Å². The molecular formula is C29H35N9O3. The quantitative estimate of drug-likeness (QED) is 0.357. The smallest absolute Gasteiger partial charge is 0.322 e. The molecule has 12 nitrogen and oxygen atoms in total. The first-order chi connectivity index (χ1) is 19.9. The van der Waals surface area contributed by atoms with Gasteiger partial charge in [0, 0.05) is 44.1 Å². The molecule has 1 aliphatic heterocycles. The Labute approximate surface area is 239 Å². The molecular weight excluding hydrogens is 522 g/mol. The predicted octanol–water partition coefficient (Wildman–Crippen LogP) is 2.62. The second-order valence-corrected chi connectivity index (χ2v) is 11.3. The van der Waals surface area contributed by atoms with Crippen molar-refractivity contribution in [2.24, 2.45) is 18.4 Å². The molecule has 1 amide bonds. The van der Waals surface area contributed by atoms with Gasteiger partial charge in [-0.1, -0.05) is 5.92 Å². The van der Waals surface area contributed by atoms with Crippen LogP contribution in [0.5, 0.6) is 11.8 Å². The van der Waals surface area contributed by atoms with Crippen molar-refractivity contribution in [3.63, 3.8) is 0 Å². The average Bonchev–Trinajstić information content (AvgIpc) is 3.63. The Morgan fingerprint density at radius 2 is 1.98 bits per heavy atom. The number of aryl methyl sites for hydroxylation is 1. The lowest BCUT2D eigenvalue weighted by atomic mass is 9.93. The van der Waals surface area contributed by atoms with Crippen molar-refractivity contribution < 1.29 is 14.3 Å². The normalized spacial score (nSPS) is 18.3. The summed E-state index contributed by atoms with van der Waals surface area (Å²) < 4.78 is 13.9. The zero-order valence-electron chi connectivity index (χ0n) is 23.3. The molecule has 41 heavy (non-hydrogen) atoms. The molecule has 2 saturated carbocycles. The number of imidazole rings is 1. The zero-order chi connectivity index (χ0) is 28.4. The highest BCUT2D eigenvalue weighted by molar-refractivity contribution is 5.91. The summed E-state index contributed by atoms with van der Waals surface area (Å²) in [6.45, 7) is 2.25. The standard InChI is InChI=1S/C29H35N9O3/c1-3-29(9-10-29)17-41-28-35-25(26(39)33-21-5-4-6-21)34-27(36-28)38-11-7-19(8-12-38)16-40-23-13-20(14-31-24(23)30)22-15-37(2)18-32-22/h1,13-15,18-19,21H,4-12,16-17H2,2H3,(H2,30,31)(H,33,39). The fraction of sp³-hybridized carbons (Fsp3) is 0.517. The number of terminal acetylenes is 1. The molecule has 3 aromatic heterocycles. The third-order valence-electron chi connectivity index (χ3n) is 8.14. The first kappa shape index (κ1) is 26.8. The average molecular weight is 558 g/mol. The lowest BCUT2D eigenvalue weighted by molar-refractivity contribution is 0.0904. The molecule has 2 aliphatic carbocycles. The Balaban J connectivity index is 1.09. The van der Waals surface area contributed by atoms with Crippen molar-refractivity contribution in [2.45, 2.75) is 51.0 Å². The largest absolute Gasteiger partial charge is 0.489 e. The molecule has 214 valence electrons. The second-order valence-electron chi connectivity index (χ2n) is 11.3. The van der Waals surface area contributed by atoms with Crippen LogP contribution in [0.15, 0.2) is 24.8 Å². The van der Waals surface area contributed by atoms with Crippen molar-refractivity contribution in [3.8, 4) is 35.4 Å². The van der Waals surface area contributed by atoms with Crippen LogP contribution in [0.3, 0.4) is 0 Å². The summed E-state index contributed by atoms with van der Waals surface area (Å²) in [4.78, 5) is 37.1. The lowest BCUT2D eigenvalue weighted by Crippen LogP contribution is -2.41. The molecule has 3 fully saturated rings. The number of rotatable bonds is 10. The monoisotopic (exact) mass is 557 g/mol. The second kappa shape index (κ2) is 11.2. The fourth-order valence-corrected chi connectivity index (χ4v) is 4.92. The van der Waals surface area contributed by atoms with Gasteiger partial charge in [-0.3, -0.25) is 4.79 Å². The van der Waals surface area contributed by atoms with E-state index >= 15 is 0 Å². The Kier molecular flexibility index (Phi) is 7.34. The summed E-state index contributed by atoms with van der Waals surface area (Å²) in [6.07, 6.45) is 17.7. The van der Waals surface area contributed by atoms with Crippen molar-refractivity contribution >= 4 is 17.7 Å². The van der Waals surface area contributed by atoms with Gasteiger partial charge in [0.15, 0.2) is 11.6 Å². The highest BCUT2D eigenvalue weighted by Crippen LogP contribution is 2.44. The number of carbonyl (C=O) groups excluding carboxylic acids is 1. The lowest BCUT2D eigenvalue weighted by Gasteiger charge is -2.32. The van der Waals surface area contributed by atoms with Crippen LogP contribution in [0.25, 0.3) is 11.3 Å². The number of pyridine rings is 1. The number of nitrogens with zero attached hydrogens (tertiary/aromatic N) is 7. The number of nitrogens with two attached hydrogens (primary N) is 1. The van der Waals surface area contributed by atoms with E-state index in [-0.39, 0.29) is 29.2 Å². The summed E-state index contributed by atoms with van der Waals surface area (Å²) in [7, 11) is 1.92. The zero-order valence-corrected chi connectivity index (χ0v) is 23.3. The highest BCUT2D eigenvalue weighted by atomic mass is 16.5. The van der Waals surface area contributed by atoms with Gasteiger partial charge in [-0.05, 0) is 56.9 Å². The number of carbonyl (C=O) groups is 1. The topological polar surface area (TPSA) is 146 Å². The molecule has 6 rings (SSSR count).